The summed E-state index contributed by atoms with van der Waals surface area (Å²) in [5.41, 5.74) is 8.15. The van der Waals surface area contributed by atoms with Gasteiger partial charge in [-0.3, -0.25) is 9.59 Å². The summed E-state index contributed by atoms with van der Waals surface area (Å²) in [6.45, 7) is 1.77. The van der Waals surface area contributed by atoms with E-state index in [4.69, 9.17) is 15.5 Å². The molecule has 5 aromatic rings. The molecule has 4 aromatic carbocycles. The summed E-state index contributed by atoms with van der Waals surface area (Å²) >= 11 is 1.56. The molecule has 1 heterocycles. The Hall–Kier alpha value is -4.56. The Balaban J connectivity index is 1.43. The van der Waals surface area contributed by atoms with Crippen LogP contribution in [0.3, 0.4) is 0 Å². The second kappa shape index (κ2) is 10.2. The number of carbonyl (C=O) groups excluding carboxylic acids is 3. The zero-order valence-corrected chi connectivity index (χ0v) is 20.7. The Bertz CT molecular complexity index is 1600. The standard InChI is InChI=1S/C29H23N3O4S/c1-2-23(27(34)31-19-15-13-18(14-16-19)26(30)33)36-29(35)21-10-6-8-17-7-5-9-20(25(17)21)28-32-22-11-3-4-12-24(22)37-28/h3-16,23H,2H2,1H3,(H2,30,33)(H,31,34). The largest absolute Gasteiger partial charge is 0.449 e. The van der Waals surface area contributed by atoms with E-state index in [2.05, 4.69) is 5.32 Å². The summed E-state index contributed by atoms with van der Waals surface area (Å²) in [5.74, 6) is -1.61. The molecule has 0 saturated carbocycles. The molecule has 1 unspecified atom stereocenters. The van der Waals surface area contributed by atoms with Gasteiger partial charge in [-0.15, -0.1) is 11.3 Å². The minimum absolute atomic E-state index is 0.284. The van der Waals surface area contributed by atoms with Gasteiger partial charge in [0, 0.05) is 22.2 Å². The number of amides is 2. The monoisotopic (exact) mass is 509 g/mol. The van der Waals surface area contributed by atoms with Gasteiger partial charge in [-0.05, 0) is 54.3 Å². The summed E-state index contributed by atoms with van der Waals surface area (Å²) in [4.78, 5) is 42.3. The molecule has 37 heavy (non-hydrogen) atoms. The fraction of sp³-hybridized carbons (Fsp3) is 0.103. The average molecular weight is 510 g/mol. The first-order valence-electron chi connectivity index (χ1n) is 11.7. The van der Waals surface area contributed by atoms with Crippen LogP contribution < -0.4 is 11.1 Å². The molecule has 0 aliphatic heterocycles. The second-order valence-electron chi connectivity index (χ2n) is 8.43. The zero-order valence-electron chi connectivity index (χ0n) is 19.9. The molecule has 2 amide bonds. The summed E-state index contributed by atoms with van der Waals surface area (Å²) in [6.07, 6.45) is -0.722. The number of anilines is 1. The number of fused-ring (bicyclic) bond motifs is 2. The number of hydrogen-bond acceptors (Lipinski definition) is 6. The maximum Gasteiger partial charge on any atom is 0.339 e. The van der Waals surface area contributed by atoms with Crippen LogP contribution in [0.4, 0.5) is 5.69 Å². The van der Waals surface area contributed by atoms with Crippen molar-refractivity contribution in [1.29, 1.82) is 0 Å². The van der Waals surface area contributed by atoms with E-state index in [0.29, 0.717) is 16.8 Å². The molecule has 3 N–H and O–H groups in total. The molecule has 0 aliphatic carbocycles. The van der Waals surface area contributed by atoms with Crippen LogP contribution in [0.1, 0.15) is 34.1 Å². The molecular weight excluding hydrogens is 486 g/mol. The number of nitrogens with two attached hydrogens (primary N) is 1. The highest BCUT2D eigenvalue weighted by Crippen LogP contribution is 2.36. The average Bonchev–Trinajstić information content (AvgIpc) is 3.35. The molecule has 0 fully saturated rings. The Kier molecular flexibility index (Phi) is 6.66. The Morgan fingerprint density at radius 1 is 0.946 bits per heavy atom. The highest BCUT2D eigenvalue weighted by atomic mass is 32.1. The van der Waals surface area contributed by atoms with Crippen molar-refractivity contribution in [2.45, 2.75) is 19.4 Å². The van der Waals surface area contributed by atoms with Crippen molar-refractivity contribution >= 4 is 55.8 Å². The topological polar surface area (TPSA) is 111 Å². The number of benzene rings is 4. The number of primary amides is 1. The number of rotatable bonds is 7. The number of ether oxygens (including phenoxy) is 1. The maximum atomic E-state index is 13.4. The van der Waals surface area contributed by atoms with Crippen molar-refractivity contribution in [3.8, 4) is 10.6 Å². The molecule has 7 nitrogen and oxygen atoms in total. The molecule has 1 atom stereocenters. The van der Waals surface area contributed by atoms with Crippen molar-refractivity contribution in [2.75, 3.05) is 5.32 Å². The Morgan fingerprint density at radius 3 is 2.38 bits per heavy atom. The molecule has 0 saturated heterocycles. The van der Waals surface area contributed by atoms with Crippen LogP contribution in [0.5, 0.6) is 0 Å². The van der Waals surface area contributed by atoms with Gasteiger partial charge in [-0.1, -0.05) is 49.4 Å². The predicted octanol–water partition coefficient (Wildman–Crippen LogP) is 5.79. The molecule has 0 aliphatic rings. The second-order valence-corrected chi connectivity index (χ2v) is 9.46. The van der Waals surface area contributed by atoms with Gasteiger partial charge in [0.05, 0.1) is 15.8 Å². The van der Waals surface area contributed by atoms with E-state index in [1.807, 2.05) is 48.5 Å². The first-order chi connectivity index (χ1) is 17.9. The number of nitrogens with one attached hydrogen (secondary N) is 1. The van der Waals surface area contributed by atoms with Gasteiger partial charge in [0.25, 0.3) is 5.91 Å². The lowest BCUT2D eigenvalue weighted by Crippen LogP contribution is -2.32. The van der Waals surface area contributed by atoms with Gasteiger partial charge in [0.2, 0.25) is 5.91 Å². The number of hydrogen-bond donors (Lipinski definition) is 2. The van der Waals surface area contributed by atoms with E-state index < -0.39 is 23.9 Å². The molecule has 0 spiro atoms. The van der Waals surface area contributed by atoms with Crippen LogP contribution in [-0.2, 0) is 9.53 Å². The normalized spacial score (nSPS) is 11.8. The van der Waals surface area contributed by atoms with Gasteiger partial charge in [-0.2, -0.15) is 0 Å². The minimum atomic E-state index is -1.01. The third-order valence-corrected chi connectivity index (χ3v) is 7.07. The summed E-state index contributed by atoms with van der Waals surface area (Å²) in [5, 5.41) is 5.13. The van der Waals surface area contributed by atoms with E-state index in [1.165, 1.54) is 12.1 Å². The number of aromatic nitrogens is 1. The van der Waals surface area contributed by atoms with Gasteiger partial charge < -0.3 is 15.8 Å². The lowest BCUT2D eigenvalue weighted by molar-refractivity contribution is -0.124. The van der Waals surface area contributed by atoms with E-state index >= 15 is 0 Å². The van der Waals surface area contributed by atoms with Gasteiger partial charge >= 0.3 is 5.97 Å². The molecule has 0 bridgehead atoms. The Labute approximate surface area is 216 Å². The van der Waals surface area contributed by atoms with Gasteiger partial charge in [0.1, 0.15) is 5.01 Å². The summed E-state index contributed by atoms with van der Waals surface area (Å²) in [7, 11) is 0. The highest BCUT2D eigenvalue weighted by molar-refractivity contribution is 7.21. The van der Waals surface area contributed by atoms with Crippen LogP contribution in [0, 0.1) is 0 Å². The van der Waals surface area contributed by atoms with E-state index in [9.17, 15) is 14.4 Å². The van der Waals surface area contributed by atoms with Crippen LogP contribution in [0.15, 0.2) is 84.9 Å². The molecule has 8 heteroatoms. The molecule has 184 valence electrons. The van der Waals surface area contributed by atoms with Crippen LogP contribution in [0.25, 0.3) is 31.6 Å². The predicted molar refractivity (Wildman–Crippen MR) is 146 cm³/mol. The minimum Gasteiger partial charge on any atom is -0.449 e. The zero-order chi connectivity index (χ0) is 25.9. The van der Waals surface area contributed by atoms with Crippen molar-refractivity contribution in [1.82, 2.24) is 4.98 Å². The molecule has 1 aromatic heterocycles. The smallest absolute Gasteiger partial charge is 0.339 e. The molecule has 5 rings (SSSR count). The maximum absolute atomic E-state index is 13.4. The van der Waals surface area contributed by atoms with Crippen molar-refractivity contribution in [2.24, 2.45) is 5.73 Å². The first kappa shape index (κ1) is 24.1. The number of nitrogens with zero attached hydrogens (tertiary/aromatic N) is 1. The quantitative estimate of drug-likeness (QED) is 0.270. The molecule has 0 radical (unpaired) electrons. The summed E-state index contributed by atoms with van der Waals surface area (Å²) < 4.78 is 6.75. The number of thiazole rings is 1. The first-order valence-corrected chi connectivity index (χ1v) is 12.6. The van der Waals surface area contributed by atoms with Crippen LogP contribution >= 0.6 is 11.3 Å². The van der Waals surface area contributed by atoms with E-state index in [-0.39, 0.29) is 6.42 Å². The highest BCUT2D eigenvalue weighted by Gasteiger charge is 2.24. The Morgan fingerprint density at radius 2 is 1.68 bits per heavy atom. The third kappa shape index (κ3) is 4.92. The van der Waals surface area contributed by atoms with Crippen LogP contribution in [-0.4, -0.2) is 28.9 Å². The SMILES string of the molecule is CCC(OC(=O)c1cccc2cccc(-c3nc4ccccc4s3)c12)C(=O)Nc1ccc(C(N)=O)cc1. The van der Waals surface area contributed by atoms with Crippen LogP contribution in [0.2, 0.25) is 0 Å². The molecular formula is C29H23N3O4S. The van der Waals surface area contributed by atoms with Gasteiger partial charge in [0.15, 0.2) is 6.10 Å². The third-order valence-electron chi connectivity index (χ3n) is 6.00. The lowest BCUT2D eigenvalue weighted by Gasteiger charge is -2.17. The fourth-order valence-electron chi connectivity index (χ4n) is 4.13. The van der Waals surface area contributed by atoms with E-state index in [0.717, 1.165) is 31.6 Å². The van der Waals surface area contributed by atoms with E-state index in [1.54, 1.807) is 42.5 Å². The fourth-order valence-corrected chi connectivity index (χ4v) is 5.13. The van der Waals surface area contributed by atoms with Gasteiger partial charge in [-0.25, -0.2) is 9.78 Å². The number of para-hydroxylation sites is 1. The lowest BCUT2D eigenvalue weighted by atomic mass is 9.99. The van der Waals surface area contributed by atoms with Crippen molar-refractivity contribution in [3.05, 3.63) is 96.1 Å². The van der Waals surface area contributed by atoms with Crippen molar-refractivity contribution < 1.29 is 19.1 Å². The number of carbonyl (C=O) groups is 3. The number of esters is 1. The summed E-state index contributed by atoms with van der Waals surface area (Å²) in [6, 6.07) is 25.3. The van der Waals surface area contributed by atoms with Crippen molar-refractivity contribution in [3.63, 3.8) is 0 Å².